The zero-order chi connectivity index (χ0) is 18.3. The molecule has 0 saturated heterocycles. The average molecular weight is 352 g/mol. The topological polar surface area (TPSA) is 9.23 Å². The Hall–Kier alpha value is -1.64. The van der Waals surface area contributed by atoms with E-state index in [2.05, 4.69) is 101 Å². The summed E-state index contributed by atoms with van der Waals surface area (Å²) in [5, 5.41) is 2.69. The van der Waals surface area contributed by atoms with Crippen LogP contribution in [0.5, 0.6) is 0 Å². The van der Waals surface area contributed by atoms with Gasteiger partial charge < -0.3 is 4.43 Å². The van der Waals surface area contributed by atoms with Crippen molar-refractivity contribution >= 4 is 18.7 Å². The first kappa shape index (κ1) is 19.7. The lowest BCUT2D eigenvalue weighted by Crippen LogP contribution is -2.66. The maximum absolute atomic E-state index is 6.92. The number of rotatable bonds is 8. The van der Waals surface area contributed by atoms with Crippen molar-refractivity contribution in [2.75, 3.05) is 6.61 Å². The van der Waals surface area contributed by atoms with Crippen LogP contribution in [0.25, 0.3) is 0 Å². The van der Waals surface area contributed by atoms with E-state index in [0.29, 0.717) is 12.5 Å². The SMILES string of the molecule is C=C[C@H](C[CH]C)CO[Si](c1ccccc1)(c1ccccc1)C(C)(C)C. The van der Waals surface area contributed by atoms with E-state index < -0.39 is 8.32 Å². The van der Waals surface area contributed by atoms with Crippen LogP contribution in [0.3, 0.4) is 0 Å². The van der Waals surface area contributed by atoms with Gasteiger partial charge in [0, 0.05) is 6.61 Å². The standard InChI is InChI=1S/C23H31OSi/c1-6-14-20(7-2)19-24-25(23(3,4)5,21-15-10-8-11-16-21)22-17-12-9-13-18-22/h6-13,15-18,20H,2,14,19H2,1,3-5H3/t20-/m1/s1. The molecule has 0 aliphatic heterocycles. The lowest BCUT2D eigenvalue weighted by Gasteiger charge is -2.43. The van der Waals surface area contributed by atoms with Gasteiger partial charge in [0.2, 0.25) is 0 Å². The van der Waals surface area contributed by atoms with Crippen molar-refractivity contribution in [3.8, 4) is 0 Å². The molecule has 0 heterocycles. The zero-order valence-electron chi connectivity index (χ0n) is 16.0. The fourth-order valence-corrected chi connectivity index (χ4v) is 8.15. The van der Waals surface area contributed by atoms with E-state index in [1.54, 1.807) is 0 Å². The highest BCUT2D eigenvalue weighted by Gasteiger charge is 2.50. The first-order chi connectivity index (χ1) is 12.0. The van der Waals surface area contributed by atoms with Gasteiger partial charge in [-0.3, -0.25) is 0 Å². The highest BCUT2D eigenvalue weighted by Crippen LogP contribution is 2.37. The summed E-state index contributed by atoms with van der Waals surface area (Å²) in [6.45, 7) is 13.8. The van der Waals surface area contributed by atoms with Crippen molar-refractivity contribution in [3.05, 3.63) is 79.7 Å². The summed E-state index contributed by atoms with van der Waals surface area (Å²) in [6, 6.07) is 21.6. The molecule has 0 aliphatic rings. The van der Waals surface area contributed by atoms with E-state index in [-0.39, 0.29) is 5.04 Å². The molecule has 0 spiro atoms. The van der Waals surface area contributed by atoms with Gasteiger partial charge in [0.25, 0.3) is 8.32 Å². The molecule has 2 heteroatoms. The van der Waals surface area contributed by atoms with Crippen molar-refractivity contribution in [2.24, 2.45) is 5.92 Å². The molecule has 0 aromatic heterocycles. The summed E-state index contributed by atoms with van der Waals surface area (Å²) >= 11 is 0. The van der Waals surface area contributed by atoms with Gasteiger partial charge in [-0.1, -0.05) is 94.4 Å². The third-order valence-electron chi connectivity index (χ3n) is 4.80. The van der Waals surface area contributed by atoms with Crippen LogP contribution < -0.4 is 10.4 Å². The summed E-state index contributed by atoms with van der Waals surface area (Å²) in [6.07, 6.45) is 5.22. The summed E-state index contributed by atoms with van der Waals surface area (Å²) < 4.78 is 6.92. The molecule has 0 fully saturated rings. The lowest BCUT2D eigenvalue weighted by atomic mass is 10.1. The van der Waals surface area contributed by atoms with E-state index >= 15 is 0 Å². The second kappa shape index (κ2) is 8.64. The van der Waals surface area contributed by atoms with E-state index in [9.17, 15) is 0 Å². The Labute approximate surface area is 154 Å². The molecule has 0 N–H and O–H groups in total. The minimum atomic E-state index is -2.42. The number of hydrogen-bond donors (Lipinski definition) is 0. The molecular weight excluding hydrogens is 320 g/mol. The molecule has 2 rings (SSSR count). The number of benzene rings is 2. The van der Waals surface area contributed by atoms with Crippen molar-refractivity contribution in [2.45, 2.75) is 39.2 Å². The molecule has 25 heavy (non-hydrogen) atoms. The average Bonchev–Trinajstić information content (AvgIpc) is 2.62. The van der Waals surface area contributed by atoms with E-state index in [1.165, 1.54) is 10.4 Å². The Morgan fingerprint density at radius 1 is 0.960 bits per heavy atom. The highest BCUT2D eigenvalue weighted by atomic mass is 28.4. The Morgan fingerprint density at radius 2 is 1.44 bits per heavy atom. The molecule has 1 nitrogen and oxygen atoms in total. The smallest absolute Gasteiger partial charge is 0.261 e. The predicted octanol–water partition coefficient (Wildman–Crippen LogP) is 4.98. The molecule has 0 unspecified atom stereocenters. The summed E-state index contributed by atoms with van der Waals surface area (Å²) in [4.78, 5) is 0. The largest absolute Gasteiger partial charge is 0.407 e. The lowest BCUT2D eigenvalue weighted by molar-refractivity contribution is 0.258. The molecule has 1 radical (unpaired) electrons. The van der Waals surface area contributed by atoms with Gasteiger partial charge in [0.05, 0.1) is 0 Å². The molecule has 2 aromatic carbocycles. The Balaban J connectivity index is 2.54. The van der Waals surface area contributed by atoms with Gasteiger partial charge in [-0.2, -0.15) is 0 Å². The molecule has 2 aromatic rings. The summed E-state index contributed by atoms with van der Waals surface area (Å²) in [7, 11) is -2.42. The predicted molar refractivity (Wildman–Crippen MR) is 112 cm³/mol. The van der Waals surface area contributed by atoms with Crippen LogP contribution in [-0.2, 0) is 4.43 Å². The maximum atomic E-state index is 6.92. The fourth-order valence-electron chi connectivity index (χ4n) is 3.53. The van der Waals surface area contributed by atoms with Crippen LogP contribution in [0.4, 0.5) is 0 Å². The van der Waals surface area contributed by atoms with Gasteiger partial charge in [0.1, 0.15) is 0 Å². The molecule has 1 atom stereocenters. The van der Waals surface area contributed by atoms with Gasteiger partial charge in [-0.15, -0.1) is 6.58 Å². The first-order valence-electron chi connectivity index (χ1n) is 9.11. The minimum Gasteiger partial charge on any atom is -0.407 e. The van der Waals surface area contributed by atoms with Gasteiger partial charge in [0.15, 0.2) is 0 Å². The van der Waals surface area contributed by atoms with Crippen molar-refractivity contribution in [1.29, 1.82) is 0 Å². The van der Waals surface area contributed by atoms with E-state index in [1.807, 2.05) is 6.08 Å². The van der Waals surface area contributed by atoms with Crippen molar-refractivity contribution in [3.63, 3.8) is 0 Å². The fraction of sp³-hybridized carbons (Fsp3) is 0.348. The van der Waals surface area contributed by atoms with Crippen LogP contribution in [-0.4, -0.2) is 14.9 Å². The third-order valence-corrected chi connectivity index (χ3v) is 9.81. The molecule has 0 amide bonds. The zero-order valence-corrected chi connectivity index (χ0v) is 17.0. The molecule has 133 valence electrons. The van der Waals surface area contributed by atoms with Crippen molar-refractivity contribution in [1.82, 2.24) is 0 Å². The van der Waals surface area contributed by atoms with Crippen LogP contribution >= 0.6 is 0 Å². The van der Waals surface area contributed by atoms with Crippen LogP contribution in [0.2, 0.25) is 5.04 Å². The minimum absolute atomic E-state index is 0.0252. The maximum Gasteiger partial charge on any atom is 0.261 e. The quantitative estimate of drug-likeness (QED) is 0.481. The monoisotopic (exact) mass is 351 g/mol. The van der Waals surface area contributed by atoms with Crippen molar-refractivity contribution < 1.29 is 4.43 Å². The Morgan fingerprint density at radius 3 is 1.80 bits per heavy atom. The normalized spacial score (nSPS) is 13.4. The second-order valence-corrected chi connectivity index (χ2v) is 11.9. The molecular formula is C23H31OSi. The number of hydrogen-bond acceptors (Lipinski definition) is 1. The van der Waals surface area contributed by atoms with E-state index in [0.717, 1.165) is 6.42 Å². The Kier molecular flexibility index (Phi) is 6.80. The first-order valence-corrected chi connectivity index (χ1v) is 11.0. The van der Waals surface area contributed by atoms with Gasteiger partial charge in [-0.05, 0) is 34.2 Å². The molecule has 0 saturated carbocycles. The molecule has 0 aliphatic carbocycles. The van der Waals surface area contributed by atoms with Crippen LogP contribution in [0.15, 0.2) is 73.3 Å². The van der Waals surface area contributed by atoms with Gasteiger partial charge >= 0.3 is 0 Å². The van der Waals surface area contributed by atoms with Crippen LogP contribution in [0.1, 0.15) is 34.1 Å². The van der Waals surface area contributed by atoms with E-state index in [4.69, 9.17) is 4.43 Å². The third kappa shape index (κ3) is 4.31. The summed E-state index contributed by atoms with van der Waals surface area (Å²) in [5.74, 6) is 0.353. The van der Waals surface area contributed by atoms with Gasteiger partial charge in [-0.25, -0.2) is 0 Å². The Bertz CT molecular complexity index is 603. The van der Waals surface area contributed by atoms with Crippen LogP contribution in [0, 0.1) is 12.3 Å². The summed E-state index contributed by atoms with van der Waals surface area (Å²) in [5.41, 5.74) is 0. The second-order valence-electron chi connectivity index (χ2n) is 7.61. The highest BCUT2D eigenvalue weighted by molar-refractivity contribution is 6.99. The molecule has 0 bridgehead atoms.